The molecular formula is C17H28N4OS. The second kappa shape index (κ2) is 7.71. The molecule has 2 aliphatic heterocycles. The Bertz CT molecular complexity index is 524. The third kappa shape index (κ3) is 4.29. The highest BCUT2D eigenvalue weighted by Crippen LogP contribution is 2.23. The van der Waals surface area contributed by atoms with Gasteiger partial charge in [0.2, 0.25) is 0 Å². The summed E-state index contributed by atoms with van der Waals surface area (Å²) in [5, 5.41) is 7.25. The maximum Gasteiger partial charge on any atom is 0.274 e. The molecule has 1 unspecified atom stereocenters. The van der Waals surface area contributed by atoms with Gasteiger partial charge in [-0.15, -0.1) is 0 Å². The van der Waals surface area contributed by atoms with Crippen LogP contribution in [0, 0.1) is 5.92 Å². The molecule has 1 atom stereocenters. The summed E-state index contributed by atoms with van der Waals surface area (Å²) in [6, 6.07) is 2.65. The first kappa shape index (κ1) is 16.8. The van der Waals surface area contributed by atoms with Gasteiger partial charge in [-0.25, -0.2) is 0 Å². The first-order chi connectivity index (χ1) is 11.1. The summed E-state index contributed by atoms with van der Waals surface area (Å²) in [6.07, 6.45) is 3.31. The monoisotopic (exact) mass is 336 g/mol. The predicted octanol–water partition coefficient (Wildman–Crippen LogP) is 2.26. The fourth-order valence-corrected chi connectivity index (χ4v) is 4.75. The molecular weight excluding hydrogens is 308 g/mol. The van der Waals surface area contributed by atoms with E-state index in [1.165, 1.54) is 17.9 Å². The Balaban J connectivity index is 1.58. The van der Waals surface area contributed by atoms with Crippen LogP contribution in [0.15, 0.2) is 6.07 Å². The lowest BCUT2D eigenvalue weighted by Crippen LogP contribution is -2.39. The van der Waals surface area contributed by atoms with E-state index in [1.54, 1.807) is 0 Å². The second-order valence-corrected chi connectivity index (χ2v) is 8.23. The van der Waals surface area contributed by atoms with Crippen LogP contribution in [0.4, 0.5) is 0 Å². The standard InChI is InChI=1S/C17H28N4OS/c1-13(2)10-14-11-16(19-18-14)17(22)21-6-3-5-20(7-8-21)15-4-9-23-12-15/h11,13,15H,3-10,12H2,1-2H3,(H,18,19). The number of hydrogen-bond acceptors (Lipinski definition) is 4. The number of nitrogens with zero attached hydrogens (tertiary/aromatic N) is 3. The van der Waals surface area contributed by atoms with E-state index in [9.17, 15) is 4.79 Å². The lowest BCUT2D eigenvalue weighted by molar-refractivity contribution is 0.0753. The van der Waals surface area contributed by atoms with Crippen LogP contribution < -0.4 is 0 Å². The van der Waals surface area contributed by atoms with Crippen molar-refractivity contribution in [3.8, 4) is 0 Å². The number of carbonyl (C=O) groups excluding carboxylic acids is 1. The Hall–Kier alpha value is -1.01. The third-order valence-electron chi connectivity index (χ3n) is 4.72. The largest absolute Gasteiger partial charge is 0.336 e. The topological polar surface area (TPSA) is 52.2 Å². The van der Waals surface area contributed by atoms with Crippen LogP contribution in [0.3, 0.4) is 0 Å². The maximum absolute atomic E-state index is 12.7. The molecule has 2 fully saturated rings. The minimum atomic E-state index is 0.0823. The molecule has 0 saturated carbocycles. The lowest BCUT2D eigenvalue weighted by atomic mass is 10.1. The highest BCUT2D eigenvalue weighted by atomic mass is 32.2. The normalized spacial score (nSPS) is 23.4. The van der Waals surface area contributed by atoms with Crippen LogP contribution >= 0.6 is 11.8 Å². The van der Waals surface area contributed by atoms with Gasteiger partial charge in [0.15, 0.2) is 0 Å². The van der Waals surface area contributed by atoms with Crippen LogP contribution in [0.25, 0.3) is 0 Å². The smallest absolute Gasteiger partial charge is 0.274 e. The number of rotatable bonds is 4. The van der Waals surface area contributed by atoms with E-state index in [4.69, 9.17) is 0 Å². The summed E-state index contributed by atoms with van der Waals surface area (Å²) in [4.78, 5) is 17.3. The molecule has 128 valence electrons. The SMILES string of the molecule is CC(C)Cc1cc(C(=O)N2CCCN(C3CCSC3)CC2)n[nH]1. The number of carbonyl (C=O) groups is 1. The van der Waals surface area contributed by atoms with Crippen molar-refractivity contribution in [2.24, 2.45) is 5.92 Å². The molecule has 1 N–H and O–H groups in total. The Kier molecular flexibility index (Phi) is 5.64. The molecule has 0 bridgehead atoms. The van der Waals surface area contributed by atoms with Crippen LogP contribution in [0.1, 0.15) is 42.9 Å². The summed E-state index contributed by atoms with van der Waals surface area (Å²) in [5.41, 5.74) is 1.63. The van der Waals surface area contributed by atoms with E-state index in [1.807, 2.05) is 11.0 Å². The second-order valence-electron chi connectivity index (χ2n) is 7.08. The number of aromatic nitrogens is 2. The average molecular weight is 337 g/mol. The van der Waals surface area contributed by atoms with Crippen molar-refractivity contribution in [3.05, 3.63) is 17.5 Å². The zero-order chi connectivity index (χ0) is 16.2. The minimum absolute atomic E-state index is 0.0823. The highest BCUT2D eigenvalue weighted by molar-refractivity contribution is 7.99. The van der Waals surface area contributed by atoms with Crippen molar-refractivity contribution >= 4 is 17.7 Å². The number of H-pyrrole nitrogens is 1. The third-order valence-corrected chi connectivity index (χ3v) is 5.86. The summed E-state index contributed by atoms with van der Waals surface area (Å²) < 4.78 is 0. The van der Waals surface area contributed by atoms with Crippen molar-refractivity contribution in [2.45, 2.75) is 39.2 Å². The Morgan fingerprint density at radius 1 is 1.39 bits per heavy atom. The van der Waals surface area contributed by atoms with E-state index in [-0.39, 0.29) is 5.91 Å². The zero-order valence-corrected chi connectivity index (χ0v) is 15.1. The molecule has 3 heterocycles. The number of thioether (sulfide) groups is 1. The molecule has 2 aliphatic rings. The quantitative estimate of drug-likeness (QED) is 0.916. The summed E-state index contributed by atoms with van der Waals surface area (Å²) in [5.74, 6) is 3.19. The van der Waals surface area contributed by atoms with E-state index >= 15 is 0 Å². The molecule has 1 amide bonds. The van der Waals surface area contributed by atoms with Gasteiger partial charge in [-0.2, -0.15) is 16.9 Å². The Labute approximate surface area is 143 Å². The van der Waals surface area contributed by atoms with Crippen LogP contribution in [-0.2, 0) is 6.42 Å². The van der Waals surface area contributed by atoms with Crippen molar-refractivity contribution in [1.82, 2.24) is 20.0 Å². The van der Waals surface area contributed by atoms with Gasteiger partial charge < -0.3 is 4.90 Å². The van der Waals surface area contributed by atoms with Crippen molar-refractivity contribution in [3.63, 3.8) is 0 Å². The van der Waals surface area contributed by atoms with E-state index < -0.39 is 0 Å². The molecule has 23 heavy (non-hydrogen) atoms. The summed E-state index contributed by atoms with van der Waals surface area (Å²) in [6.45, 7) is 8.14. The average Bonchev–Trinajstić information content (AvgIpc) is 3.14. The van der Waals surface area contributed by atoms with Crippen LogP contribution in [0.2, 0.25) is 0 Å². The van der Waals surface area contributed by atoms with Gasteiger partial charge in [0.05, 0.1) is 0 Å². The number of nitrogens with one attached hydrogen (secondary N) is 1. The maximum atomic E-state index is 12.7. The number of amides is 1. The molecule has 1 aromatic heterocycles. The van der Waals surface area contributed by atoms with E-state index in [0.29, 0.717) is 11.6 Å². The summed E-state index contributed by atoms with van der Waals surface area (Å²) >= 11 is 2.06. The molecule has 0 aromatic carbocycles. The molecule has 6 heteroatoms. The van der Waals surface area contributed by atoms with Gasteiger partial charge in [-0.1, -0.05) is 13.8 Å². The molecule has 2 saturated heterocycles. The minimum Gasteiger partial charge on any atom is -0.336 e. The molecule has 5 nitrogen and oxygen atoms in total. The van der Waals surface area contributed by atoms with Crippen LogP contribution in [0.5, 0.6) is 0 Å². The van der Waals surface area contributed by atoms with E-state index in [0.717, 1.165) is 50.8 Å². The molecule has 1 aromatic rings. The van der Waals surface area contributed by atoms with Crippen molar-refractivity contribution < 1.29 is 4.79 Å². The first-order valence-electron chi connectivity index (χ1n) is 8.79. The molecule has 0 spiro atoms. The van der Waals surface area contributed by atoms with Crippen molar-refractivity contribution in [2.75, 3.05) is 37.7 Å². The molecule has 0 radical (unpaired) electrons. The van der Waals surface area contributed by atoms with Gasteiger partial charge in [-0.3, -0.25) is 14.8 Å². The Morgan fingerprint density at radius 3 is 3.00 bits per heavy atom. The number of hydrogen-bond donors (Lipinski definition) is 1. The molecule has 0 aliphatic carbocycles. The van der Waals surface area contributed by atoms with Crippen LogP contribution in [-0.4, -0.2) is 69.6 Å². The highest BCUT2D eigenvalue weighted by Gasteiger charge is 2.27. The lowest BCUT2D eigenvalue weighted by Gasteiger charge is -2.26. The fraction of sp³-hybridized carbons (Fsp3) is 0.765. The van der Waals surface area contributed by atoms with E-state index in [2.05, 4.69) is 40.7 Å². The molecule has 3 rings (SSSR count). The summed E-state index contributed by atoms with van der Waals surface area (Å²) in [7, 11) is 0. The van der Waals surface area contributed by atoms with Crippen molar-refractivity contribution in [1.29, 1.82) is 0 Å². The zero-order valence-electron chi connectivity index (χ0n) is 14.3. The van der Waals surface area contributed by atoms with Gasteiger partial charge in [-0.05, 0) is 37.0 Å². The number of aromatic amines is 1. The van der Waals surface area contributed by atoms with Gasteiger partial charge in [0, 0.05) is 43.7 Å². The predicted molar refractivity (Wildman–Crippen MR) is 95.0 cm³/mol. The fourth-order valence-electron chi connectivity index (χ4n) is 3.49. The Morgan fingerprint density at radius 2 is 2.26 bits per heavy atom. The van der Waals surface area contributed by atoms with Gasteiger partial charge >= 0.3 is 0 Å². The van der Waals surface area contributed by atoms with Gasteiger partial charge in [0.1, 0.15) is 5.69 Å². The first-order valence-corrected chi connectivity index (χ1v) is 9.94. The van der Waals surface area contributed by atoms with Gasteiger partial charge in [0.25, 0.3) is 5.91 Å².